The quantitative estimate of drug-likeness (QED) is 0.630. The molecule has 0 unspecified atom stereocenters. The highest BCUT2D eigenvalue weighted by atomic mass is 32.2. The number of aromatic nitrogens is 1. The van der Waals surface area contributed by atoms with Gasteiger partial charge in [0.25, 0.3) is 0 Å². The van der Waals surface area contributed by atoms with Gasteiger partial charge in [-0.15, -0.1) is 0 Å². The minimum absolute atomic E-state index is 0.431. The Balaban J connectivity index is 1.22. The topological polar surface area (TPSA) is 66.7 Å². The lowest BCUT2D eigenvalue weighted by atomic mass is 10.1. The summed E-state index contributed by atoms with van der Waals surface area (Å²) in [6, 6.07) is 17.5. The lowest BCUT2D eigenvalue weighted by Crippen LogP contribution is -2.48. The zero-order valence-electron chi connectivity index (χ0n) is 16.8. The number of piperazine rings is 1. The second kappa shape index (κ2) is 7.98. The summed E-state index contributed by atoms with van der Waals surface area (Å²) < 4.78 is 33.3. The van der Waals surface area contributed by atoms with E-state index in [0.29, 0.717) is 37.6 Å². The van der Waals surface area contributed by atoms with Crippen molar-refractivity contribution in [3.8, 4) is 11.3 Å². The SMILES string of the molecule is O=S(=O)(c1ccc2c(c1)CCC2)N1CCN(Cc2cc(-c3ccccc3)on2)CC1. The summed E-state index contributed by atoms with van der Waals surface area (Å²) in [6.07, 6.45) is 3.16. The number of aryl methyl sites for hydroxylation is 2. The van der Waals surface area contributed by atoms with Crippen LogP contribution in [0.25, 0.3) is 11.3 Å². The largest absolute Gasteiger partial charge is 0.356 e. The van der Waals surface area contributed by atoms with E-state index in [2.05, 4.69) is 10.1 Å². The van der Waals surface area contributed by atoms with E-state index in [1.165, 1.54) is 11.1 Å². The van der Waals surface area contributed by atoms with Gasteiger partial charge in [0.1, 0.15) is 0 Å². The van der Waals surface area contributed by atoms with Crippen LogP contribution in [0.2, 0.25) is 0 Å². The highest BCUT2D eigenvalue weighted by Gasteiger charge is 2.29. The molecule has 0 bridgehead atoms. The second-order valence-corrected chi connectivity index (χ2v) is 9.95. The molecule has 0 N–H and O–H groups in total. The lowest BCUT2D eigenvalue weighted by Gasteiger charge is -2.33. The summed E-state index contributed by atoms with van der Waals surface area (Å²) >= 11 is 0. The molecule has 2 aromatic carbocycles. The van der Waals surface area contributed by atoms with Gasteiger partial charge in [0.15, 0.2) is 5.76 Å². The van der Waals surface area contributed by atoms with E-state index in [4.69, 9.17) is 4.52 Å². The van der Waals surface area contributed by atoms with Gasteiger partial charge in [-0.1, -0.05) is 41.6 Å². The van der Waals surface area contributed by atoms with Crippen LogP contribution in [-0.2, 0) is 29.4 Å². The van der Waals surface area contributed by atoms with Crippen LogP contribution < -0.4 is 0 Å². The number of hydrogen-bond acceptors (Lipinski definition) is 5. The molecule has 2 aliphatic rings. The van der Waals surface area contributed by atoms with E-state index in [9.17, 15) is 8.42 Å². The van der Waals surface area contributed by atoms with Crippen molar-refractivity contribution in [2.75, 3.05) is 26.2 Å². The summed E-state index contributed by atoms with van der Waals surface area (Å²) in [7, 11) is -3.44. The molecule has 156 valence electrons. The molecule has 0 amide bonds. The number of nitrogens with zero attached hydrogens (tertiary/aromatic N) is 3. The van der Waals surface area contributed by atoms with Gasteiger partial charge >= 0.3 is 0 Å². The molecule has 6 nitrogen and oxygen atoms in total. The average molecular weight is 424 g/mol. The van der Waals surface area contributed by atoms with E-state index in [0.717, 1.165) is 36.3 Å². The zero-order valence-corrected chi connectivity index (χ0v) is 17.6. The van der Waals surface area contributed by atoms with Crippen LogP contribution >= 0.6 is 0 Å². The first-order valence-corrected chi connectivity index (χ1v) is 11.9. The number of benzene rings is 2. The predicted molar refractivity (Wildman–Crippen MR) is 114 cm³/mol. The van der Waals surface area contributed by atoms with Gasteiger partial charge in [-0.2, -0.15) is 4.31 Å². The van der Waals surface area contributed by atoms with Gasteiger partial charge < -0.3 is 4.52 Å². The first-order chi connectivity index (χ1) is 14.6. The smallest absolute Gasteiger partial charge is 0.243 e. The molecule has 2 heterocycles. The normalized spacial score (nSPS) is 17.9. The number of hydrogen-bond donors (Lipinski definition) is 0. The van der Waals surface area contributed by atoms with Crippen molar-refractivity contribution in [3.05, 3.63) is 71.4 Å². The Kier molecular flexibility index (Phi) is 5.18. The molecule has 5 rings (SSSR count). The molecule has 1 aliphatic heterocycles. The van der Waals surface area contributed by atoms with Gasteiger partial charge in [-0.3, -0.25) is 4.90 Å². The summed E-state index contributed by atoms with van der Waals surface area (Å²) in [5.41, 5.74) is 4.35. The maximum Gasteiger partial charge on any atom is 0.243 e. The fourth-order valence-corrected chi connectivity index (χ4v) is 5.81. The Morgan fingerprint density at radius 3 is 2.47 bits per heavy atom. The van der Waals surface area contributed by atoms with Gasteiger partial charge in [0, 0.05) is 44.4 Å². The van der Waals surface area contributed by atoms with Crippen molar-refractivity contribution in [2.45, 2.75) is 30.7 Å². The third kappa shape index (κ3) is 3.80. The van der Waals surface area contributed by atoms with Gasteiger partial charge in [-0.25, -0.2) is 8.42 Å². The van der Waals surface area contributed by atoms with Crippen LogP contribution in [0.1, 0.15) is 23.2 Å². The molecule has 1 fully saturated rings. The fraction of sp³-hybridized carbons (Fsp3) is 0.348. The molecule has 0 spiro atoms. The highest BCUT2D eigenvalue weighted by Crippen LogP contribution is 2.27. The van der Waals surface area contributed by atoms with Gasteiger partial charge in [0.05, 0.1) is 10.6 Å². The third-order valence-electron chi connectivity index (χ3n) is 6.04. The molecule has 1 aromatic heterocycles. The summed E-state index contributed by atoms with van der Waals surface area (Å²) in [5, 5.41) is 4.19. The summed E-state index contributed by atoms with van der Waals surface area (Å²) in [6.45, 7) is 2.99. The van der Waals surface area contributed by atoms with Crippen LogP contribution in [-0.4, -0.2) is 49.0 Å². The van der Waals surface area contributed by atoms with Gasteiger partial charge in [-0.05, 0) is 42.5 Å². The number of sulfonamides is 1. The van der Waals surface area contributed by atoms with E-state index >= 15 is 0 Å². The molecule has 1 aliphatic carbocycles. The molecule has 0 atom stereocenters. The highest BCUT2D eigenvalue weighted by molar-refractivity contribution is 7.89. The Morgan fingerprint density at radius 2 is 1.67 bits per heavy atom. The standard InChI is InChI=1S/C23H25N3O3S/c27-30(28,22-10-9-18-7-4-8-20(18)15-22)26-13-11-25(12-14-26)17-21-16-23(29-24-21)19-5-2-1-3-6-19/h1-3,5-6,9-10,15-16H,4,7-8,11-14,17H2. The van der Waals surface area contributed by atoms with Crippen molar-refractivity contribution in [1.29, 1.82) is 0 Å². The molecule has 7 heteroatoms. The molecule has 30 heavy (non-hydrogen) atoms. The number of fused-ring (bicyclic) bond motifs is 1. The van der Waals surface area contributed by atoms with Crippen molar-refractivity contribution in [2.24, 2.45) is 0 Å². The van der Waals surface area contributed by atoms with Crippen molar-refractivity contribution in [1.82, 2.24) is 14.4 Å². The van der Waals surface area contributed by atoms with Gasteiger partial charge in [0.2, 0.25) is 10.0 Å². The monoisotopic (exact) mass is 423 g/mol. The average Bonchev–Trinajstić information content (AvgIpc) is 3.44. The predicted octanol–water partition coefficient (Wildman–Crippen LogP) is 3.34. The van der Waals surface area contributed by atoms with Crippen LogP contribution in [0.5, 0.6) is 0 Å². The van der Waals surface area contributed by atoms with E-state index in [1.54, 1.807) is 10.4 Å². The molecular formula is C23H25N3O3S. The molecule has 0 radical (unpaired) electrons. The maximum atomic E-state index is 13.1. The van der Waals surface area contributed by atoms with Crippen LogP contribution in [0.3, 0.4) is 0 Å². The summed E-state index contributed by atoms with van der Waals surface area (Å²) in [4.78, 5) is 2.65. The Morgan fingerprint density at radius 1 is 0.900 bits per heavy atom. The Bertz CT molecular complexity index is 1130. The minimum Gasteiger partial charge on any atom is -0.356 e. The first kappa shape index (κ1) is 19.5. The minimum atomic E-state index is -3.44. The maximum absolute atomic E-state index is 13.1. The van der Waals surface area contributed by atoms with E-state index < -0.39 is 10.0 Å². The van der Waals surface area contributed by atoms with Crippen molar-refractivity contribution < 1.29 is 12.9 Å². The Labute approximate surface area is 177 Å². The molecule has 0 saturated carbocycles. The van der Waals surface area contributed by atoms with Crippen molar-refractivity contribution >= 4 is 10.0 Å². The van der Waals surface area contributed by atoms with E-state index in [-0.39, 0.29) is 0 Å². The molecule has 3 aromatic rings. The second-order valence-electron chi connectivity index (χ2n) is 8.01. The fourth-order valence-electron chi connectivity index (χ4n) is 4.34. The molecule has 1 saturated heterocycles. The van der Waals surface area contributed by atoms with Crippen LogP contribution in [0, 0.1) is 0 Å². The van der Waals surface area contributed by atoms with Crippen molar-refractivity contribution in [3.63, 3.8) is 0 Å². The van der Waals surface area contributed by atoms with Crippen LogP contribution in [0.15, 0.2) is 64.0 Å². The lowest BCUT2D eigenvalue weighted by molar-refractivity contribution is 0.178. The zero-order chi connectivity index (χ0) is 20.6. The molecular weight excluding hydrogens is 398 g/mol. The van der Waals surface area contributed by atoms with E-state index in [1.807, 2.05) is 48.5 Å². The number of rotatable bonds is 5. The summed E-state index contributed by atoms with van der Waals surface area (Å²) in [5.74, 6) is 0.753. The third-order valence-corrected chi connectivity index (χ3v) is 7.94. The van der Waals surface area contributed by atoms with Crippen LogP contribution in [0.4, 0.5) is 0 Å². The Hall–Kier alpha value is -2.48. The first-order valence-electron chi connectivity index (χ1n) is 10.4.